The van der Waals surface area contributed by atoms with Crippen molar-refractivity contribution in [2.24, 2.45) is 5.92 Å². The standard InChI is InChI=1S/C14H18ClNO2/c15-13-1-2-14-12(7-13)9-16(4-6-18-14)8-11-3-5-17-10-11/h1-2,7,11H,3-6,8-10H2/t11-/m0/s1. The molecule has 2 aliphatic rings. The number of ether oxygens (including phenoxy) is 2. The van der Waals surface area contributed by atoms with Crippen LogP contribution in [0, 0.1) is 5.92 Å². The van der Waals surface area contributed by atoms with Crippen LogP contribution in [0.1, 0.15) is 12.0 Å². The molecule has 18 heavy (non-hydrogen) atoms. The summed E-state index contributed by atoms with van der Waals surface area (Å²) in [6, 6.07) is 5.88. The molecule has 0 spiro atoms. The summed E-state index contributed by atoms with van der Waals surface area (Å²) < 4.78 is 11.2. The Balaban J connectivity index is 1.70. The van der Waals surface area contributed by atoms with Gasteiger partial charge in [0.2, 0.25) is 0 Å². The Morgan fingerprint density at radius 3 is 3.11 bits per heavy atom. The average molecular weight is 268 g/mol. The largest absolute Gasteiger partial charge is 0.492 e. The van der Waals surface area contributed by atoms with Crippen LogP contribution in [0.25, 0.3) is 0 Å². The minimum absolute atomic E-state index is 0.672. The Morgan fingerprint density at radius 1 is 1.33 bits per heavy atom. The summed E-state index contributed by atoms with van der Waals surface area (Å²) in [5.74, 6) is 1.65. The van der Waals surface area contributed by atoms with Gasteiger partial charge in [-0.15, -0.1) is 0 Å². The third-order valence-electron chi connectivity index (χ3n) is 3.62. The molecular weight excluding hydrogens is 250 g/mol. The van der Waals surface area contributed by atoms with Crippen LogP contribution in [0.2, 0.25) is 5.02 Å². The summed E-state index contributed by atoms with van der Waals surface area (Å²) >= 11 is 6.05. The Kier molecular flexibility index (Phi) is 3.73. The predicted octanol–water partition coefficient (Wildman–Crippen LogP) is 2.57. The second kappa shape index (κ2) is 5.47. The average Bonchev–Trinajstić information content (AvgIpc) is 2.76. The first-order chi connectivity index (χ1) is 8.81. The Morgan fingerprint density at radius 2 is 2.28 bits per heavy atom. The highest BCUT2D eigenvalue weighted by molar-refractivity contribution is 6.30. The van der Waals surface area contributed by atoms with Gasteiger partial charge >= 0.3 is 0 Å². The van der Waals surface area contributed by atoms with Crippen LogP contribution in [-0.4, -0.2) is 37.8 Å². The fourth-order valence-electron chi connectivity index (χ4n) is 2.67. The lowest BCUT2D eigenvalue weighted by molar-refractivity contribution is 0.159. The Hall–Kier alpha value is -0.770. The summed E-state index contributed by atoms with van der Waals surface area (Å²) in [7, 11) is 0. The molecule has 1 aromatic carbocycles. The maximum atomic E-state index is 6.05. The van der Waals surface area contributed by atoms with Crippen molar-refractivity contribution in [1.82, 2.24) is 4.90 Å². The molecule has 0 aliphatic carbocycles. The molecule has 1 fully saturated rings. The van der Waals surface area contributed by atoms with Crippen LogP contribution in [-0.2, 0) is 11.3 Å². The van der Waals surface area contributed by atoms with Crippen LogP contribution < -0.4 is 4.74 Å². The van der Waals surface area contributed by atoms with Crippen molar-refractivity contribution in [3.63, 3.8) is 0 Å². The zero-order chi connectivity index (χ0) is 12.4. The fourth-order valence-corrected chi connectivity index (χ4v) is 2.86. The SMILES string of the molecule is Clc1ccc2c(c1)CN(C[C@@H]1CCOC1)CCO2. The maximum absolute atomic E-state index is 6.05. The van der Waals surface area contributed by atoms with E-state index in [-0.39, 0.29) is 0 Å². The van der Waals surface area contributed by atoms with Crippen LogP contribution in [0.15, 0.2) is 18.2 Å². The van der Waals surface area contributed by atoms with Gasteiger partial charge in [0, 0.05) is 36.8 Å². The highest BCUT2D eigenvalue weighted by atomic mass is 35.5. The molecular formula is C14H18ClNO2. The molecule has 0 aromatic heterocycles. The lowest BCUT2D eigenvalue weighted by Crippen LogP contribution is -2.31. The molecule has 3 nitrogen and oxygen atoms in total. The summed E-state index contributed by atoms with van der Waals surface area (Å²) in [5, 5.41) is 0.781. The smallest absolute Gasteiger partial charge is 0.123 e. The molecule has 1 aromatic rings. The van der Waals surface area contributed by atoms with Gasteiger partial charge in [0.05, 0.1) is 6.61 Å². The number of benzene rings is 1. The molecule has 1 atom stereocenters. The van der Waals surface area contributed by atoms with E-state index in [2.05, 4.69) is 4.90 Å². The van der Waals surface area contributed by atoms with E-state index >= 15 is 0 Å². The van der Waals surface area contributed by atoms with Crippen molar-refractivity contribution in [1.29, 1.82) is 0 Å². The maximum Gasteiger partial charge on any atom is 0.123 e. The summed E-state index contributed by atoms with van der Waals surface area (Å²) in [4.78, 5) is 2.45. The number of nitrogens with zero attached hydrogens (tertiary/aromatic N) is 1. The molecule has 1 saturated heterocycles. The van der Waals surface area contributed by atoms with Crippen LogP contribution in [0.3, 0.4) is 0 Å². The monoisotopic (exact) mass is 267 g/mol. The predicted molar refractivity (Wildman–Crippen MR) is 71.2 cm³/mol. The summed E-state index contributed by atoms with van der Waals surface area (Å²) in [6.07, 6.45) is 1.18. The van der Waals surface area contributed by atoms with Gasteiger partial charge in [0.25, 0.3) is 0 Å². The fraction of sp³-hybridized carbons (Fsp3) is 0.571. The van der Waals surface area contributed by atoms with Crippen molar-refractivity contribution in [2.75, 3.05) is 32.9 Å². The molecule has 2 aliphatic heterocycles. The number of fused-ring (bicyclic) bond motifs is 1. The van der Waals surface area contributed by atoms with Gasteiger partial charge < -0.3 is 9.47 Å². The molecule has 3 rings (SSSR count). The van der Waals surface area contributed by atoms with E-state index in [0.717, 1.165) is 50.2 Å². The number of rotatable bonds is 2. The minimum atomic E-state index is 0.672. The highest BCUT2D eigenvalue weighted by Crippen LogP contribution is 2.27. The van der Waals surface area contributed by atoms with Gasteiger partial charge in [-0.1, -0.05) is 11.6 Å². The second-order valence-electron chi connectivity index (χ2n) is 5.07. The van der Waals surface area contributed by atoms with Gasteiger partial charge in [-0.25, -0.2) is 0 Å². The van der Waals surface area contributed by atoms with Crippen LogP contribution in [0.5, 0.6) is 5.75 Å². The Bertz CT molecular complexity index is 418. The van der Waals surface area contributed by atoms with Gasteiger partial charge in [-0.3, -0.25) is 4.90 Å². The number of hydrogen-bond acceptors (Lipinski definition) is 3. The van der Waals surface area contributed by atoms with Crippen molar-refractivity contribution in [2.45, 2.75) is 13.0 Å². The van der Waals surface area contributed by atoms with Gasteiger partial charge in [-0.05, 0) is 30.5 Å². The van der Waals surface area contributed by atoms with Gasteiger partial charge in [0.1, 0.15) is 12.4 Å². The van der Waals surface area contributed by atoms with E-state index in [1.54, 1.807) is 0 Å². The number of halogens is 1. The van der Waals surface area contributed by atoms with E-state index in [4.69, 9.17) is 21.1 Å². The van der Waals surface area contributed by atoms with E-state index in [0.29, 0.717) is 5.92 Å². The zero-order valence-corrected chi connectivity index (χ0v) is 11.2. The second-order valence-corrected chi connectivity index (χ2v) is 5.50. The molecule has 0 saturated carbocycles. The minimum Gasteiger partial charge on any atom is -0.492 e. The molecule has 2 heterocycles. The van der Waals surface area contributed by atoms with Crippen LogP contribution >= 0.6 is 11.6 Å². The molecule has 0 radical (unpaired) electrons. The summed E-state index contributed by atoms with van der Waals surface area (Å²) in [6.45, 7) is 5.56. The molecule has 98 valence electrons. The van der Waals surface area contributed by atoms with Crippen molar-refractivity contribution < 1.29 is 9.47 Å². The van der Waals surface area contributed by atoms with Crippen LogP contribution in [0.4, 0.5) is 0 Å². The van der Waals surface area contributed by atoms with E-state index in [1.807, 2.05) is 18.2 Å². The third-order valence-corrected chi connectivity index (χ3v) is 3.86. The van der Waals surface area contributed by atoms with Gasteiger partial charge in [-0.2, -0.15) is 0 Å². The molecule has 0 unspecified atom stereocenters. The Labute approximate surface area is 113 Å². The number of hydrogen-bond donors (Lipinski definition) is 0. The first kappa shape index (κ1) is 12.3. The quantitative estimate of drug-likeness (QED) is 0.822. The molecule has 0 N–H and O–H groups in total. The third kappa shape index (κ3) is 2.79. The zero-order valence-electron chi connectivity index (χ0n) is 10.4. The topological polar surface area (TPSA) is 21.7 Å². The first-order valence-electron chi connectivity index (χ1n) is 6.52. The molecule has 0 bridgehead atoms. The molecule has 4 heteroatoms. The molecule has 0 amide bonds. The normalized spacial score (nSPS) is 24.4. The van der Waals surface area contributed by atoms with E-state index in [1.165, 1.54) is 12.0 Å². The lowest BCUT2D eigenvalue weighted by Gasteiger charge is -2.22. The van der Waals surface area contributed by atoms with Crippen molar-refractivity contribution in [3.05, 3.63) is 28.8 Å². The van der Waals surface area contributed by atoms with Gasteiger partial charge in [0.15, 0.2) is 0 Å². The highest BCUT2D eigenvalue weighted by Gasteiger charge is 2.22. The van der Waals surface area contributed by atoms with E-state index in [9.17, 15) is 0 Å². The first-order valence-corrected chi connectivity index (χ1v) is 6.90. The lowest BCUT2D eigenvalue weighted by atomic mass is 10.1. The van der Waals surface area contributed by atoms with Crippen molar-refractivity contribution >= 4 is 11.6 Å². The van der Waals surface area contributed by atoms with E-state index < -0.39 is 0 Å². The van der Waals surface area contributed by atoms with Crippen molar-refractivity contribution in [3.8, 4) is 5.75 Å². The summed E-state index contributed by atoms with van der Waals surface area (Å²) in [5.41, 5.74) is 1.19.